The zero-order valence-corrected chi connectivity index (χ0v) is 10.4. The van der Waals surface area contributed by atoms with Crippen molar-refractivity contribution in [2.45, 2.75) is 38.7 Å². The number of nitrogen functional groups attached to an aromatic ring is 1. The van der Waals surface area contributed by atoms with Crippen LogP contribution in [0.5, 0.6) is 5.75 Å². The Labute approximate surface area is 103 Å². The van der Waals surface area contributed by atoms with Crippen molar-refractivity contribution in [3.63, 3.8) is 0 Å². The average molecular weight is 235 g/mol. The molecule has 1 aromatic carbocycles. The molecule has 94 valence electrons. The Hall–Kier alpha value is -1.22. The molecule has 2 rings (SSSR count). The fourth-order valence-corrected chi connectivity index (χ4v) is 2.14. The minimum absolute atomic E-state index is 0.452. The van der Waals surface area contributed by atoms with Crippen LogP contribution in [-0.2, 0) is 4.74 Å². The van der Waals surface area contributed by atoms with E-state index in [9.17, 15) is 0 Å². The number of ether oxygens (including phenoxy) is 2. The fraction of sp³-hybridized carbons (Fsp3) is 0.571. The Morgan fingerprint density at radius 1 is 1.47 bits per heavy atom. The first-order valence-electron chi connectivity index (χ1n) is 6.37. The predicted octanol–water partition coefficient (Wildman–Crippen LogP) is 2.92. The lowest BCUT2D eigenvalue weighted by Crippen LogP contribution is -2.08. The summed E-state index contributed by atoms with van der Waals surface area (Å²) in [5.74, 6) is 0.803. The topological polar surface area (TPSA) is 44.5 Å². The third kappa shape index (κ3) is 3.37. The zero-order valence-electron chi connectivity index (χ0n) is 10.4. The molecule has 3 nitrogen and oxygen atoms in total. The van der Waals surface area contributed by atoms with Gasteiger partial charge in [-0.3, -0.25) is 0 Å². The summed E-state index contributed by atoms with van der Waals surface area (Å²) in [5.41, 5.74) is 7.76. The van der Waals surface area contributed by atoms with Crippen molar-refractivity contribution in [1.29, 1.82) is 0 Å². The maximum Gasteiger partial charge on any atom is 0.142 e. The molecule has 0 aliphatic carbocycles. The number of para-hydroxylation sites is 1. The lowest BCUT2D eigenvalue weighted by atomic mass is 10.1. The molecule has 3 heteroatoms. The second-order valence-corrected chi connectivity index (χ2v) is 4.61. The molecule has 0 amide bonds. The number of aryl methyl sites for hydroxylation is 1. The van der Waals surface area contributed by atoms with E-state index in [1.54, 1.807) is 0 Å². The van der Waals surface area contributed by atoms with Gasteiger partial charge in [-0.2, -0.15) is 0 Å². The smallest absolute Gasteiger partial charge is 0.142 e. The Balaban J connectivity index is 1.72. The van der Waals surface area contributed by atoms with Crippen molar-refractivity contribution in [1.82, 2.24) is 0 Å². The number of nitrogens with two attached hydrogens (primary N) is 1. The molecule has 1 fully saturated rings. The maximum atomic E-state index is 5.94. The molecule has 1 saturated heterocycles. The molecular formula is C14H21NO2. The van der Waals surface area contributed by atoms with Crippen LogP contribution in [0.2, 0.25) is 0 Å². The van der Waals surface area contributed by atoms with Gasteiger partial charge in [0.05, 0.1) is 18.4 Å². The van der Waals surface area contributed by atoms with Gasteiger partial charge in [0.15, 0.2) is 0 Å². The molecule has 0 aromatic heterocycles. The van der Waals surface area contributed by atoms with Crippen molar-refractivity contribution < 1.29 is 9.47 Å². The van der Waals surface area contributed by atoms with E-state index in [1.165, 1.54) is 12.8 Å². The van der Waals surface area contributed by atoms with Crippen LogP contribution in [0.4, 0.5) is 5.69 Å². The highest BCUT2D eigenvalue weighted by atomic mass is 16.5. The summed E-state index contributed by atoms with van der Waals surface area (Å²) in [5, 5.41) is 0. The molecule has 1 aromatic rings. The van der Waals surface area contributed by atoms with Gasteiger partial charge in [-0.15, -0.1) is 0 Å². The monoisotopic (exact) mass is 235 g/mol. The highest BCUT2D eigenvalue weighted by Gasteiger charge is 2.14. The highest BCUT2D eigenvalue weighted by molar-refractivity contribution is 5.57. The Morgan fingerprint density at radius 3 is 3.12 bits per heavy atom. The van der Waals surface area contributed by atoms with E-state index in [-0.39, 0.29) is 0 Å². The van der Waals surface area contributed by atoms with Gasteiger partial charge in [-0.05, 0) is 44.2 Å². The molecule has 0 bridgehead atoms. The second-order valence-electron chi connectivity index (χ2n) is 4.61. The third-order valence-electron chi connectivity index (χ3n) is 3.24. The molecule has 1 heterocycles. The van der Waals surface area contributed by atoms with Crippen molar-refractivity contribution in [3.8, 4) is 5.75 Å². The van der Waals surface area contributed by atoms with Crippen LogP contribution in [0, 0.1) is 6.92 Å². The van der Waals surface area contributed by atoms with Crippen molar-refractivity contribution >= 4 is 5.69 Å². The van der Waals surface area contributed by atoms with Gasteiger partial charge in [0, 0.05) is 6.61 Å². The van der Waals surface area contributed by atoms with Crippen molar-refractivity contribution in [2.75, 3.05) is 18.9 Å². The fourth-order valence-electron chi connectivity index (χ4n) is 2.14. The molecule has 1 aliphatic heterocycles. The number of hydrogen-bond acceptors (Lipinski definition) is 3. The molecular weight excluding hydrogens is 214 g/mol. The van der Waals surface area contributed by atoms with Crippen LogP contribution >= 0.6 is 0 Å². The van der Waals surface area contributed by atoms with Gasteiger partial charge in [0.1, 0.15) is 5.75 Å². The van der Waals surface area contributed by atoms with Crippen LogP contribution in [0.25, 0.3) is 0 Å². The zero-order chi connectivity index (χ0) is 12.1. The van der Waals surface area contributed by atoms with Gasteiger partial charge < -0.3 is 15.2 Å². The van der Waals surface area contributed by atoms with E-state index in [4.69, 9.17) is 15.2 Å². The normalized spacial score (nSPS) is 19.5. The van der Waals surface area contributed by atoms with E-state index in [0.717, 1.165) is 36.4 Å². The molecule has 2 N–H and O–H groups in total. The number of rotatable bonds is 5. The lowest BCUT2D eigenvalue weighted by molar-refractivity contribution is 0.0982. The molecule has 17 heavy (non-hydrogen) atoms. The molecule has 1 aliphatic rings. The van der Waals surface area contributed by atoms with Gasteiger partial charge >= 0.3 is 0 Å². The summed E-state index contributed by atoms with van der Waals surface area (Å²) in [6, 6.07) is 5.89. The predicted molar refractivity (Wildman–Crippen MR) is 69.3 cm³/mol. The average Bonchev–Trinajstić information content (AvgIpc) is 2.83. The molecule has 0 radical (unpaired) electrons. The van der Waals surface area contributed by atoms with Gasteiger partial charge in [-0.1, -0.05) is 12.1 Å². The van der Waals surface area contributed by atoms with Crippen molar-refractivity contribution in [3.05, 3.63) is 23.8 Å². The van der Waals surface area contributed by atoms with Crippen LogP contribution < -0.4 is 10.5 Å². The Kier molecular flexibility index (Phi) is 4.26. The molecule has 1 unspecified atom stereocenters. The van der Waals surface area contributed by atoms with Gasteiger partial charge in [0.2, 0.25) is 0 Å². The minimum atomic E-state index is 0.452. The summed E-state index contributed by atoms with van der Waals surface area (Å²) in [6.07, 6.45) is 4.97. The summed E-state index contributed by atoms with van der Waals surface area (Å²) in [4.78, 5) is 0. The number of benzene rings is 1. The van der Waals surface area contributed by atoms with Crippen LogP contribution in [0.1, 0.15) is 31.2 Å². The minimum Gasteiger partial charge on any atom is -0.491 e. The Bertz CT molecular complexity index is 359. The molecule has 0 saturated carbocycles. The van der Waals surface area contributed by atoms with Gasteiger partial charge in [-0.25, -0.2) is 0 Å². The SMILES string of the molecule is Cc1cccc(OCCCC2CCCO2)c1N. The number of anilines is 1. The summed E-state index contributed by atoms with van der Waals surface area (Å²) < 4.78 is 11.3. The molecule has 0 spiro atoms. The van der Waals surface area contributed by atoms with Crippen LogP contribution in [-0.4, -0.2) is 19.3 Å². The largest absolute Gasteiger partial charge is 0.491 e. The summed E-state index contributed by atoms with van der Waals surface area (Å²) in [7, 11) is 0. The van der Waals surface area contributed by atoms with E-state index >= 15 is 0 Å². The first-order valence-corrected chi connectivity index (χ1v) is 6.37. The quantitative estimate of drug-likeness (QED) is 0.630. The summed E-state index contributed by atoms with van der Waals surface area (Å²) in [6.45, 7) is 3.64. The maximum absolute atomic E-state index is 5.94. The highest BCUT2D eigenvalue weighted by Crippen LogP contribution is 2.24. The van der Waals surface area contributed by atoms with E-state index < -0.39 is 0 Å². The summed E-state index contributed by atoms with van der Waals surface area (Å²) >= 11 is 0. The molecule has 1 atom stereocenters. The van der Waals surface area contributed by atoms with E-state index in [0.29, 0.717) is 12.7 Å². The number of hydrogen-bond donors (Lipinski definition) is 1. The standard InChI is InChI=1S/C14H21NO2/c1-11-5-2-8-13(14(11)15)17-10-4-7-12-6-3-9-16-12/h2,5,8,12H,3-4,6-7,9-10,15H2,1H3. The van der Waals surface area contributed by atoms with Crippen LogP contribution in [0.3, 0.4) is 0 Å². The van der Waals surface area contributed by atoms with Crippen LogP contribution in [0.15, 0.2) is 18.2 Å². The Morgan fingerprint density at radius 2 is 2.35 bits per heavy atom. The van der Waals surface area contributed by atoms with E-state index in [2.05, 4.69) is 0 Å². The lowest BCUT2D eigenvalue weighted by Gasteiger charge is -2.12. The second kappa shape index (κ2) is 5.92. The third-order valence-corrected chi connectivity index (χ3v) is 3.24. The first-order chi connectivity index (χ1) is 8.27. The van der Waals surface area contributed by atoms with E-state index in [1.807, 2.05) is 25.1 Å². The first kappa shape index (κ1) is 12.2. The van der Waals surface area contributed by atoms with Crippen molar-refractivity contribution in [2.24, 2.45) is 0 Å². The van der Waals surface area contributed by atoms with Gasteiger partial charge in [0.25, 0.3) is 0 Å².